The lowest BCUT2D eigenvalue weighted by Gasteiger charge is -2.08. The molecule has 0 aliphatic carbocycles. The predicted octanol–water partition coefficient (Wildman–Crippen LogP) is 4.53. The Kier molecular flexibility index (Phi) is 3.02. The molecule has 2 heteroatoms. The third kappa shape index (κ3) is 1.91. The van der Waals surface area contributed by atoms with Crippen LogP contribution in [0.4, 0.5) is 0 Å². The Balaban J connectivity index is 2.28. The molecule has 2 nitrogen and oxygen atoms in total. The Bertz CT molecular complexity index is 1050. The molecule has 0 aliphatic rings. The molecule has 0 aliphatic heterocycles. The Hall–Kier alpha value is -2.61. The first-order valence-electron chi connectivity index (χ1n) is 8.05. The Morgan fingerprint density at radius 1 is 0.783 bits per heavy atom. The van der Waals surface area contributed by atoms with Crippen molar-refractivity contribution in [2.75, 3.05) is 0 Å². The summed E-state index contributed by atoms with van der Waals surface area (Å²) in [6.07, 6.45) is 0. The van der Waals surface area contributed by atoms with Crippen molar-refractivity contribution in [3.05, 3.63) is 71.4 Å². The summed E-state index contributed by atoms with van der Waals surface area (Å²) >= 11 is 0. The summed E-state index contributed by atoms with van der Waals surface area (Å²) in [6.45, 7) is 6.56. The molecular formula is C21H21N2+. The number of rotatable bonds is 1. The lowest BCUT2D eigenvalue weighted by molar-refractivity contribution is -0.671. The second-order valence-corrected chi connectivity index (χ2v) is 6.34. The predicted molar refractivity (Wildman–Crippen MR) is 96.2 cm³/mol. The van der Waals surface area contributed by atoms with Gasteiger partial charge in [-0.15, -0.1) is 0 Å². The van der Waals surface area contributed by atoms with Gasteiger partial charge >= 0.3 is 0 Å². The van der Waals surface area contributed by atoms with Gasteiger partial charge in [0.1, 0.15) is 16.7 Å². The first kappa shape index (κ1) is 14.0. The zero-order valence-corrected chi connectivity index (χ0v) is 14.1. The minimum atomic E-state index is 1.20. The van der Waals surface area contributed by atoms with Gasteiger partial charge < -0.3 is 0 Å². The first-order chi connectivity index (χ1) is 11.1. The molecule has 0 atom stereocenters. The number of aryl methyl sites for hydroxylation is 3. The van der Waals surface area contributed by atoms with Crippen LogP contribution in [0.5, 0.6) is 0 Å². The molecule has 0 amide bonds. The van der Waals surface area contributed by atoms with Gasteiger partial charge in [0.2, 0.25) is 0 Å². The fraction of sp³-hybridized carbons (Fsp3) is 0.190. The lowest BCUT2D eigenvalue weighted by atomic mass is 10.1. The highest BCUT2D eigenvalue weighted by Gasteiger charge is 2.22. The van der Waals surface area contributed by atoms with Crippen molar-refractivity contribution in [1.29, 1.82) is 0 Å². The van der Waals surface area contributed by atoms with Crippen molar-refractivity contribution >= 4 is 21.8 Å². The molecule has 0 N–H and O–H groups in total. The number of hydrogen-bond acceptors (Lipinski definition) is 0. The molecule has 0 bridgehead atoms. The molecular weight excluding hydrogens is 280 g/mol. The number of para-hydroxylation sites is 1. The molecule has 0 radical (unpaired) electrons. The van der Waals surface area contributed by atoms with Crippen LogP contribution in [0, 0.1) is 20.8 Å². The van der Waals surface area contributed by atoms with E-state index in [1.807, 2.05) is 0 Å². The van der Waals surface area contributed by atoms with Gasteiger partial charge in [0.05, 0.1) is 7.05 Å². The Morgan fingerprint density at radius 3 is 2.39 bits per heavy atom. The average Bonchev–Trinajstić information content (AvgIpc) is 2.89. The van der Waals surface area contributed by atoms with E-state index in [2.05, 4.69) is 91.6 Å². The van der Waals surface area contributed by atoms with Crippen LogP contribution in [-0.4, -0.2) is 4.57 Å². The highest BCUT2D eigenvalue weighted by atomic mass is 15.1. The van der Waals surface area contributed by atoms with E-state index >= 15 is 0 Å². The van der Waals surface area contributed by atoms with Crippen molar-refractivity contribution in [3.8, 4) is 5.82 Å². The van der Waals surface area contributed by atoms with Crippen LogP contribution in [0.15, 0.2) is 54.6 Å². The molecule has 0 unspecified atom stereocenters. The van der Waals surface area contributed by atoms with Crippen molar-refractivity contribution in [2.45, 2.75) is 20.8 Å². The van der Waals surface area contributed by atoms with E-state index < -0.39 is 0 Å². The van der Waals surface area contributed by atoms with Gasteiger partial charge in [-0.1, -0.05) is 24.3 Å². The maximum absolute atomic E-state index is 2.40. The van der Waals surface area contributed by atoms with Gasteiger partial charge in [-0.25, -0.2) is 4.57 Å². The second kappa shape index (κ2) is 4.95. The van der Waals surface area contributed by atoms with Crippen LogP contribution in [0.1, 0.15) is 16.8 Å². The number of nitrogens with zero attached hydrogens (tertiary/aromatic N) is 2. The highest BCUT2D eigenvalue weighted by molar-refractivity contribution is 6.10. The molecule has 114 valence electrons. The maximum atomic E-state index is 2.40. The van der Waals surface area contributed by atoms with E-state index in [0.29, 0.717) is 0 Å². The minimum Gasteiger partial charge on any atom is -0.234 e. The van der Waals surface area contributed by atoms with Crippen LogP contribution >= 0.6 is 0 Å². The van der Waals surface area contributed by atoms with Crippen molar-refractivity contribution in [2.24, 2.45) is 7.05 Å². The number of pyridine rings is 1. The monoisotopic (exact) mass is 301 g/mol. The van der Waals surface area contributed by atoms with Crippen molar-refractivity contribution < 1.29 is 4.57 Å². The van der Waals surface area contributed by atoms with Crippen molar-refractivity contribution in [3.63, 3.8) is 0 Å². The van der Waals surface area contributed by atoms with E-state index in [0.717, 1.165) is 0 Å². The van der Waals surface area contributed by atoms with E-state index in [9.17, 15) is 0 Å². The SMILES string of the molecule is Cc1ccc2c3ccccc3n(-c3cccc(C)[n+]3C)c2c1C. The summed E-state index contributed by atoms with van der Waals surface area (Å²) in [7, 11) is 2.14. The molecule has 2 aromatic carbocycles. The molecule has 0 spiro atoms. The number of fused-ring (bicyclic) bond motifs is 3. The van der Waals surface area contributed by atoms with Gasteiger partial charge in [0.25, 0.3) is 5.82 Å². The number of hydrogen-bond donors (Lipinski definition) is 0. The summed E-state index contributed by atoms with van der Waals surface area (Å²) in [5, 5.41) is 2.64. The Morgan fingerprint density at radius 2 is 1.57 bits per heavy atom. The standard InChI is InChI=1S/C21H21N2/c1-14-12-13-18-17-9-5-6-10-19(17)23(21(18)16(14)3)20-11-7-8-15(2)22(20)4/h5-13H,1-4H3/q+1. The third-order valence-electron chi connectivity index (χ3n) is 5.05. The minimum absolute atomic E-state index is 1.20. The maximum Gasteiger partial charge on any atom is 0.286 e. The topological polar surface area (TPSA) is 8.81 Å². The highest BCUT2D eigenvalue weighted by Crippen LogP contribution is 2.33. The quantitative estimate of drug-likeness (QED) is 0.457. The molecule has 4 rings (SSSR count). The average molecular weight is 301 g/mol. The number of benzene rings is 2. The van der Waals surface area contributed by atoms with Crippen LogP contribution in [-0.2, 0) is 7.05 Å². The zero-order valence-electron chi connectivity index (χ0n) is 14.1. The van der Waals surface area contributed by atoms with Gasteiger partial charge in [-0.05, 0) is 56.2 Å². The van der Waals surface area contributed by atoms with Crippen LogP contribution in [0.3, 0.4) is 0 Å². The Labute approximate surface area is 136 Å². The third-order valence-corrected chi connectivity index (χ3v) is 5.05. The summed E-state index contributed by atoms with van der Waals surface area (Å²) in [5.41, 5.74) is 6.50. The van der Waals surface area contributed by atoms with Crippen LogP contribution in [0.25, 0.3) is 27.6 Å². The van der Waals surface area contributed by atoms with Crippen molar-refractivity contribution in [1.82, 2.24) is 4.57 Å². The zero-order chi connectivity index (χ0) is 16.1. The molecule has 0 saturated heterocycles. The normalized spacial score (nSPS) is 11.5. The molecule has 2 aromatic heterocycles. The fourth-order valence-corrected chi connectivity index (χ4v) is 3.46. The summed E-state index contributed by atoms with van der Waals surface area (Å²) in [5.74, 6) is 1.20. The molecule has 4 aromatic rings. The summed E-state index contributed by atoms with van der Waals surface area (Å²) in [4.78, 5) is 0. The molecule has 0 saturated carbocycles. The van der Waals surface area contributed by atoms with Crippen LogP contribution < -0.4 is 4.57 Å². The van der Waals surface area contributed by atoms with Gasteiger partial charge in [0, 0.05) is 16.8 Å². The van der Waals surface area contributed by atoms with E-state index in [4.69, 9.17) is 0 Å². The van der Waals surface area contributed by atoms with Gasteiger partial charge in [0.15, 0.2) is 0 Å². The van der Waals surface area contributed by atoms with Gasteiger partial charge in [-0.3, -0.25) is 0 Å². The van der Waals surface area contributed by atoms with E-state index in [-0.39, 0.29) is 0 Å². The molecule has 2 heterocycles. The fourth-order valence-electron chi connectivity index (χ4n) is 3.46. The first-order valence-corrected chi connectivity index (χ1v) is 8.05. The van der Waals surface area contributed by atoms with E-state index in [1.165, 1.54) is 44.4 Å². The second-order valence-electron chi connectivity index (χ2n) is 6.34. The smallest absolute Gasteiger partial charge is 0.234 e. The summed E-state index contributed by atoms with van der Waals surface area (Å²) in [6, 6.07) is 19.6. The molecule has 0 fully saturated rings. The number of aromatic nitrogens is 2. The summed E-state index contributed by atoms with van der Waals surface area (Å²) < 4.78 is 4.66. The van der Waals surface area contributed by atoms with Crippen LogP contribution in [0.2, 0.25) is 0 Å². The van der Waals surface area contributed by atoms with E-state index in [1.54, 1.807) is 0 Å². The molecule has 23 heavy (non-hydrogen) atoms. The largest absolute Gasteiger partial charge is 0.286 e. The van der Waals surface area contributed by atoms with Gasteiger partial charge in [-0.2, -0.15) is 4.57 Å². The lowest BCUT2D eigenvalue weighted by Crippen LogP contribution is -2.37.